The zero-order valence-electron chi connectivity index (χ0n) is 9.77. The summed E-state index contributed by atoms with van der Waals surface area (Å²) in [6.45, 7) is 3.72. The molecule has 0 aliphatic heterocycles. The number of hydrogen-bond donors (Lipinski definition) is 2. The summed E-state index contributed by atoms with van der Waals surface area (Å²) >= 11 is 0.991. The lowest BCUT2D eigenvalue weighted by Crippen LogP contribution is -2.48. The van der Waals surface area contributed by atoms with Crippen molar-refractivity contribution in [1.82, 2.24) is 14.9 Å². The van der Waals surface area contributed by atoms with Crippen LogP contribution in [0, 0.1) is 0 Å². The summed E-state index contributed by atoms with van der Waals surface area (Å²) in [5.74, 6) is -1.23. The van der Waals surface area contributed by atoms with Crippen LogP contribution in [0.3, 0.4) is 0 Å². The van der Waals surface area contributed by atoms with Crippen LogP contribution >= 0.6 is 11.5 Å². The standard InChI is InChI=1S/C10H15N3O3S/c1-3-10(4-2,5-8(14)15)12-9(16)7-6-11-13-17-7/h6H,3-5H2,1-2H3,(H,12,16)(H,14,15). The first-order chi connectivity index (χ1) is 8.03. The van der Waals surface area contributed by atoms with E-state index >= 15 is 0 Å². The molecule has 0 saturated heterocycles. The Labute approximate surface area is 103 Å². The van der Waals surface area contributed by atoms with Gasteiger partial charge in [-0.3, -0.25) is 9.59 Å². The smallest absolute Gasteiger partial charge is 0.305 e. The number of rotatable bonds is 6. The predicted octanol–water partition coefficient (Wildman–Crippen LogP) is 1.30. The average Bonchev–Trinajstić information content (AvgIpc) is 2.80. The van der Waals surface area contributed by atoms with E-state index in [0.29, 0.717) is 17.7 Å². The minimum absolute atomic E-state index is 0.0853. The van der Waals surface area contributed by atoms with E-state index < -0.39 is 11.5 Å². The highest BCUT2D eigenvalue weighted by Crippen LogP contribution is 2.21. The first kappa shape index (κ1) is 13.6. The number of hydrogen-bond acceptors (Lipinski definition) is 5. The van der Waals surface area contributed by atoms with Gasteiger partial charge in [-0.25, -0.2) is 0 Å². The van der Waals surface area contributed by atoms with E-state index in [1.165, 1.54) is 6.20 Å². The van der Waals surface area contributed by atoms with Crippen LogP contribution in [0.2, 0.25) is 0 Å². The molecule has 0 radical (unpaired) electrons. The normalized spacial score (nSPS) is 11.2. The molecule has 0 aliphatic carbocycles. The van der Waals surface area contributed by atoms with Crippen molar-refractivity contribution < 1.29 is 14.7 Å². The van der Waals surface area contributed by atoms with Gasteiger partial charge in [-0.1, -0.05) is 18.3 Å². The summed E-state index contributed by atoms with van der Waals surface area (Å²) in [5, 5.41) is 15.2. The van der Waals surface area contributed by atoms with Crippen LogP contribution in [0.1, 0.15) is 42.8 Å². The van der Waals surface area contributed by atoms with Gasteiger partial charge in [-0.05, 0) is 24.4 Å². The van der Waals surface area contributed by atoms with E-state index in [9.17, 15) is 9.59 Å². The SMILES string of the molecule is CCC(CC)(CC(=O)O)NC(=O)c1cnns1. The van der Waals surface area contributed by atoms with Crippen LogP contribution in [0.25, 0.3) is 0 Å². The highest BCUT2D eigenvalue weighted by molar-refractivity contribution is 7.07. The van der Waals surface area contributed by atoms with E-state index in [2.05, 4.69) is 14.9 Å². The molecule has 2 N–H and O–H groups in total. The summed E-state index contributed by atoms with van der Waals surface area (Å²) in [6.07, 6.45) is 2.41. The molecule has 0 spiro atoms. The van der Waals surface area contributed by atoms with Gasteiger partial charge in [-0.15, -0.1) is 5.10 Å². The Morgan fingerprint density at radius 3 is 2.53 bits per heavy atom. The third-order valence-corrected chi connectivity index (χ3v) is 3.47. The van der Waals surface area contributed by atoms with Gasteiger partial charge >= 0.3 is 5.97 Å². The first-order valence-corrected chi connectivity index (χ1v) is 6.12. The van der Waals surface area contributed by atoms with Gasteiger partial charge in [0.15, 0.2) is 0 Å². The van der Waals surface area contributed by atoms with Gasteiger partial charge in [0.2, 0.25) is 0 Å². The summed E-state index contributed by atoms with van der Waals surface area (Å²) < 4.78 is 3.60. The number of carboxylic acids is 1. The third kappa shape index (κ3) is 3.48. The third-order valence-electron chi connectivity index (χ3n) is 2.81. The van der Waals surface area contributed by atoms with Crippen molar-refractivity contribution in [3.8, 4) is 0 Å². The minimum Gasteiger partial charge on any atom is -0.481 e. The van der Waals surface area contributed by atoms with E-state index in [0.717, 1.165) is 11.5 Å². The molecule has 0 saturated carbocycles. The number of aliphatic carboxylic acids is 1. The molecular weight excluding hydrogens is 242 g/mol. The molecule has 0 unspecified atom stereocenters. The van der Waals surface area contributed by atoms with Crippen molar-refractivity contribution in [2.24, 2.45) is 0 Å². The number of carboxylic acid groups (broad SMARTS) is 1. The number of carbonyl (C=O) groups excluding carboxylic acids is 1. The van der Waals surface area contributed by atoms with Crippen LogP contribution in [-0.4, -0.2) is 32.1 Å². The molecule has 0 aliphatic rings. The van der Waals surface area contributed by atoms with Crippen molar-refractivity contribution in [2.75, 3.05) is 0 Å². The van der Waals surface area contributed by atoms with Crippen molar-refractivity contribution in [3.63, 3.8) is 0 Å². The van der Waals surface area contributed by atoms with Crippen LogP contribution in [0.4, 0.5) is 0 Å². The molecule has 0 aromatic carbocycles. The molecular formula is C10H15N3O3S. The number of nitrogens with zero attached hydrogens (tertiary/aromatic N) is 2. The Balaban J connectivity index is 2.79. The second-order valence-corrected chi connectivity index (χ2v) is 4.58. The average molecular weight is 257 g/mol. The lowest BCUT2D eigenvalue weighted by atomic mass is 9.89. The fraction of sp³-hybridized carbons (Fsp3) is 0.600. The monoisotopic (exact) mass is 257 g/mol. The van der Waals surface area contributed by atoms with Gasteiger partial charge in [0.25, 0.3) is 5.91 Å². The highest BCUT2D eigenvalue weighted by Gasteiger charge is 2.31. The minimum atomic E-state index is -0.920. The molecule has 0 bridgehead atoms. The Hall–Kier alpha value is -1.50. The van der Waals surface area contributed by atoms with Gasteiger partial charge in [0.05, 0.1) is 18.2 Å². The van der Waals surface area contributed by atoms with E-state index in [4.69, 9.17) is 5.11 Å². The Kier molecular flexibility index (Phi) is 4.56. The molecule has 6 nitrogen and oxygen atoms in total. The van der Waals surface area contributed by atoms with Gasteiger partial charge in [0.1, 0.15) is 4.88 Å². The lowest BCUT2D eigenvalue weighted by Gasteiger charge is -2.31. The fourth-order valence-electron chi connectivity index (χ4n) is 1.58. The van der Waals surface area contributed by atoms with E-state index in [1.54, 1.807) is 0 Å². The van der Waals surface area contributed by atoms with Crippen molar-refractivity contribution in [2.45, 2.75) is 38.6 Å². The summed E-state index contributed by atoms with van der Waals surface area (Å²) in [6, 6.07) is 0. The summed E-state index contributed by atoms with van der Waals surface area (Å²) in [7, 11) is 0. The summed E-state index contributed by atoms with van der Waals surface area (Å²) in [5.41, 5.74) is -0.701. The topological polar surface area (TPSA) is 92.2 Å². The van der Waals surface area contributed by atoms with Gasteiger partial charge in [-0.2, -0.15) is 0 Å². The summed E-state index contributed by atoms with van der Waals surface area (Å²) in [4.78, 5) is 23.1. The molecule has 17 heavy (non-hydrogen) atoms. The van der Waals surface area contributed by atoms with Crippen LogP contribution < -0.4 is 5.32 Å². The zero-order chi connectivity index (χ0) is 12.9. The first-order valence-electron chi connectivity index (χ1n) is 5.34. The van der Waals surface area contributed by atoms with Crippen LogP contribution in [0.15, 0.2) is 6.20 Å². The maximum atomic E-state index is 11.8. The van der Waals surface area contributed by atoms with Crippen LogP contribution in [0.5, 0.6) is 0 Å². The predicted molar refractivity (Wildman–Crippen MR) is 62.9 cm³/mol. The molecule has 1 amide bonds. The number of carbonyl (C=O) groups is 2. The Morgan fingerprint density at radius 2 is 2.12 bits per heavy atom. The molecule has 0 fully saturated rings. The number of amides is 1. The number of aromatic nitrogens is 2. The van der Waals surface area contributed by atoms with Crippen LogP contribution in [-0.2, 0) is 4.79 Å². The molecule has 1 aromatic heterocycles. The zero-order valence-corrected chi connectivity index (χ0v) is 10.6. The molecule has 0 atom stereocenters. The maximum absolute atomic E-state index is 11.8. The Bertz CT molecular complexity index is 388. The highest BCUT2D eigenvalue weighted by atomic mass is 32.1. The van der Waals surface area contributed by atoms with E-state index in [1.807, 2.05) is 13.8 Å². The van der Waals surface area contributed by atoms with Crippen molar-refractivity contribution in [3.05, 3.63) is 11.1 Å². The van der Waals surface area contributed by atoms with Crippen molar-refractivity contribution in [1.29, 1.82) is 0 Å². The quantitative estimate of drug-likeness (QED) is 0.801. The van der Waals surface area contributed by atoms with E-state index in [-0.39, 0.29) is 12.3 Å². The molecule has 7 heteroatoms. The van der Waals surface area contributed by atoms with Crippen molar-refractivity contribution >= 4 is 23.4 Å². The lowest BCUT2D eigenvalue weighted by molar-refractivity contribution is -0.138. The maximum Gasteiger partial charge on any atom is 0.305 e. The van der Waals surface area contributed by atoms with Gasteiger partial charge < -0.3 is 10.4 Å². The Morgan fingerprint density at radius 1 is 1.47 bits per heavy atom. The fourth-order valence-corrected chi connectivity index (χ4v) is 1.99. The number of nitrogens with one attached hydrogen (secondary N) is 1. The molecule has 1 aromatic rings. The second-order valence-electron chi connectivity index (χ2n) is 3.79. The van der Waals surface area contributed by atoms with Gasteiger partial charge in [0, 0.05) is 0 Å². The largest absolute Gasteiger partial charge is 0.481 e. The molecule has 94 valence electrons. The molecule has 1 rings (SSSR count). The second kappa shape index (κ2) is 5.72. The molecule has 1 heterocycles.